The van der Waals surface area contributed by atoms with E-state index in [1.54, 1.807) is 0 Å². The highest BCUT2D eigenvalue weighted by Gasteiger charge is 2.71. The molecular weight excluding hydrogens is 463 g/mol. The molecular formula is C16H14F5O9S-. The van der Waals surface area contributed by atoms with Crippen LogP contribution in [0.2, 0.25) is 0 Å². The van der Waals surface area contributed by atoms with Gasteiger partial charge in [0.15, 0.2) is 10.1 Å². The Bertz CT molecular complexity index is 944. The number of carbonyl (C=O) groups is 3. The van der Waals surface area contributed by atoms with Crippen LogP contribution >= 0.6 is 0 Å². The van der Waals surface area contributed by atoms with Crippen LogP contribution in [-0.4, -0.2) is 60.6 Å². The number of ether oxygens (including phenoxy) is 3. The highest BCUT2D eigenvalue weighted by Crippen LogP contribution is 2.59. The first-order valence-electron chi connectivity index (χ1n) is 8.66. The highest BCUT2D eigenvalue weighted by molar-refractivity contribution is 7.86. The van der Waals surface area contributed by atoms with Gasteiger partial charge in [-0.1, -0.05) is 6.58 Å². The molecule has 7 unspecified atom stereocenters. The van der Waals surface area contributed by atoms with E-state index in [0.717, 1.165) is 0 Å². The lowest BCUT2D eigenvalue weighted by Crippen LogP contribution is -2.54. The number of hydrogen-bond acceptors (Lipinski definition) is 9. The molecule has 1 saturated heterocycles. The summed E-state index contributed by atoms with van der Waals surface area (Å²) in [5.74, 6) is -8.45. The van der Waals surface area contributed by atoms with E-state index in [1.807, 2.05) is 0 Å². The molecule has 2 aliphatic carbocycles. The molecule has 0 aromatic rings. The zero-order valence-electron chi connectivity index (χ0n) is 15.4. The first-order chi connectivity index (χ1) is 14.0. The number of esters is 3. The Morgan fingerprint density at radius 3 is 2.29 bits per heavy atom. The molecule has 0 spiro atoms. The molecule has 174 valence electrons. The van der Waals surface area contributed by atoms with E-state index >= 15 is 0 Å². The lowest BCUT2D eigenvalue weighted by Gasteiger charge is -2.33. The van der Waals surface area contributed by atoms with Crippen molar-refractivity contribution in [3.63, 3.8) is 0 Å². The maximum atomic E-state index is 13.7. The smallest absolute Gasteiger partial charge is 0.432 e. The number of rotatable bonds is 6. The molecule has 3 rings (SSSR count). The molecule has 2 bridgehead atoms. The third-order valence-corrected chi connectivity index (χ3v) is 6.46. The van der Waals surface area contributed by atoms with Crippen molar-refractivity contribution in [2.75, 3.05) is 0 Å². The molecule has 1 heterocycles. The van der Waals surface area contributed by atoms with Crippen molar-refractivity contribution in [1.29, 1.82) is 0 Å². The second-order valence-corrected chi connectivity index (χ2v) is 8.99. The Morgan fingerprint density at radius 1 is 1.23 bits per heavy atom. The van der Waals surface area contributed by atoms with Crippen LogP contribution in [0.5, 0.6) is 0 Å². The summed E-state index contributed by atoms with van der Waals surface area (Å²) in [4.78, 5) is 36.4. The van der Waals surface area contributed by atoms with Crippen molar-refractivity contribution in [2.24, 2.45) is 23.7 Å². The summed E-state index contributed by atoms with van der Waals surface area (Å²) in [6, 6.07) is 0. The van der Waals surface area contributed by atoms with Crippen LogP contribution in [0.3, 0.4) is 0 Å². The van der Waals surface area contributed by atoms with Gasteiger partial charge in [0.2, 0.25) is 0 Å². The lowest BCUT2D eigenvalue weighted by atomic mass is 9.80. The molecule has 7 atom stereocenters. The van der Waals surface area contributed by atoms with Crippen LogP contribution in [-0.2, 0) is 38.7 Å². The summed E-state index contributed by atoms with van der Waals surface area (Å²) < 4.78 is 112. The fourth-order valence-electron chi connectivity index (χ4n) is 4.33. The minimum absolute atomic E-state index is 0.0259. The SMILES string of the molecule is C=C(C)C(=O)OC1C2CC3C(OC(=O)C31)C2C(=O)OC(C(F)(F)F)C(F)(F)S(=O)(=O)[O-]. The Labute approximate surface area is 171 Å². The fourth-order valence-corrected chi connectivity index (χ4v) is 4.78. The van der Waals surface area contributed by atoms with E-state index < -0.39 is 81.4 Å². The molecule has 2 saturated carbocycles. The molecule has 0 radical (unpaired) electrons. The number of hydrogen-bond donors (Lipinski definition) is 0. The zero-order chi connectivity index (χ0) is 23.7. The average Bonchev–Trinajstić information content (AvgIpc) is 3.19. The molecule has 0 N–H and O–H groups in total. The molecule has 9 nitrogen and oxygen atoms in total. The van der Waals surface area contributed by atoms with Gasteiger partial charge in [-0.15, -0.1) is 0 Å². The minimum Gasteiger partial charge on any atom is -0.743 e. The van der Waals surface area contributed by atoms with Crippen molar-refractivity contribution in [3.05, 3.63) is 12.2 Å². The average molecular weight is 477 g/mol. The van der Waals surface area contributed by atoms with E-state index in [1.165, 1.54) is 6.92 Å². The molecule has 31 heavy (non-hydrogen) atoms. The standard InChI is InChI=1S/C16H15F5O9S/c1-4(2)11(22)28-9-6-3-5-7(9)12(23)29-10(5)8(6)13(24)30-14(15(17,18)19)16(20,21)31(25,26)27/h5-10,14H,1,3H2,2H3,(H,25,26,27)/p-1. The van der Waals surface area contributed by atoms with E-state index in [2.05, 4.69) is 11.3 Å². The molecule has 0 aromatic carbocycles. The summed E-state index contributed by atoms with van der Waals surface area (Å²) in [7, 11) is -6.86. The van der Waals surface area contributed by atoms with E-state index in [-0.39, 0.29) is 12.0 Å². The zero-order valence-corrected chi connectivity index (χ0v) is 16.2. The molecule has 15 heteroatoms. The third-order valence-electron chi connectivity index (χ3n) is 5.58. The monoisotopic (exact) mass is 477 g/mol. The molecule has 3 fully saturated rings. The number of halogens is 5. The van der Waals surface area contributed by atoms with Gasteiger partial charge in [0.1, 0.15) is 24.0 Å². The van der Waals surface area contributed by atoms with E-state index in [0.29, 0.717) is 0 Å². The molecule has 0 aromatic heterocycles. The lowest BCUT2D eigenvalue weighted by molar-refractivity contribution is -0.262. The summed E-state index contributed by atoms with van der Waals surface area (Å²) in [6.45, 7) is 4.61. The fraction of sp³-hybridized carbons (Fsp3) is 0.688. The van der Waals surface area contributed by atoms with Crippen LogP contribution in [0.15, 0.2) is 12.2 Å². The predicted octanol–water partition coefficient (Wildman–Crippen LogP) is 0.894. The number of fused-ring (bicyclic) bond motifs is 1. The first kappa shape index (κ1) is 23.4. The van der Waals surface area contributed by atoms with Gasteiger partial charge in [-0.05, 0) is 13.3 Å². The van der Waals surface area contributed by atoms with Crippen molar-refractivity contribution < 1.29 is 63.5 Å². The Balaban J connectivity index is 1.90. The summed E-state index contributed by atoms with van der Waals surface area (Å²) >= 11 is 0. The topological polar surface area (TPSA) is 136 Å². The van der Waals surface area contributed by atoms with Crippen LogP contribution < -0.4 is 0 Å². The van der Waals surface area contributed by atoms with Gasteiger partial charge in [0, 0.05) is 17.4 Å². The molecule has 1 aliphatic heterocycles. The second kappa shape index (κ2) is 7.12. The van der Waals surface area contributed by atoms with Crippen LogP contribution in [0.25, 0.3) is 0 Å². The van der Waals surface area contributed by atoms with Gasteiger partial charge in [-0.3, -0.25) is 9.59 Å². The third kappa shape index (κ3) is 3.66. The Kier molecular flexibility index (Phi) is 5.37. The van der Waals surface area contributed by atoms with Crippen molar-refractivity contribution in [3.8, 4) is 0 Å². The summed E-state index contributed by atoms with van der Waals surface area (Å²) in [5, 5.41) is -6.01. The Hall–Kier alpha value is -2.29. The highest BCUT2D eigenvalue weighted by atomic mass is 32.2. The van der Waals surface area contributed by atoms with Crippen LogP contribution in [0.1, 0.15) is 13.3 Å². The van der Waals surface area contributed by atoms with Crippen molar-refractivity contribution in [2.45, 2.75) is 43.1 Å². The second-order valence-electron chi connectivity index (χ2n) is 7.54. The summed E-state index contributed by atoms with van der Waals surface area (Å²) in [5.41, 5.74) is -0.0813. The normalized spacial score (nSPS) is 33.1. The number of carbonyl (C=O) groups excluding carboxylic acids is 3. The van der Waals surface area contributed by atoms with E-state index in [9.17, 15) is 49.3 Å². The van der Waals surface area contributed by atoms with Gasteiger partial charge in [0.05, 0.1) is 0 Å². The van der Waals surface area contributed by atoms with Gasteiger partial charge in [-0.2, -0.15) is 22.0 Å². The van der Waals surface area contributed by atoms with Crippen LogP contribution in [0.4, 0.5) is 22.0 Å². The maximum absolute atomic E-state index is 13.7. The van der Waals surface area contributed by atoms with Gasteiger partial charge >= 0.3 is 29.3 Å². The van der Waals surface area contributed by atoms with Crippen molar-refractivity contribution >= 4 is 28.0 Å². The molecule has 3 aliphatic rings. The van der Waals surface area contributed by atoms with Gasteiger partial charge < -0.3 is 18.8 Å². The predicted molar refractivity (Wildman–Crippen MR) is 83.7 cm³/mol. The summed E-state index contributed by atoms with van der Waals surface area (Å²) in [6.07, 6.45) is -13.4. The minimum atomic E-state index is -6.86. The first-order valence-corrected chi connectivity index (χ1v) is 10.1. The quantitative estimate of drug-likeness (QED) is 0.180. The maximum Gasteiger partial charge on any atom is 0.432 e. The Morgan fingerprint density at radius 2 is 1.81 bits per heavy atom. The molecule has 0 amide bonds. The van der Waals surface area contributed by atoms with Gasteiger partial charge in [0.25, 0.3) is 6.10 Å². The number of alkyl halides is 5. The van der Waals surface area contributed by atoms with E-state index in [4.69, 9.17) is 9.47 Å². The van der Waals surface area contributed by atoms with Crippen molar-refractivity contribution in [1.82, 2.24) is 0 Å². The van der Waals surface area contributed by atoms with Crippen LogP contribution in [0, 0.1) is 23.7 Å². The largest absolute Gasteiger partial charge is 0.743 e. The van der Waals surface area contributed by atoms with Gasteiger partial charge in [-0.25, -0.2) is 13.2 Å².